The number of hydrogen-bond acceptors (Lipinski definition) is 6. The van der Waals surface area contributed by atoms with Gasteiger partial charge in [-0.3, -0.25) is 10.1 Å². The number of nitriles is 1. The number of anilines is 2. The van der Waals surface area contributed by atoms with Crippen LogP contribution in [-0.4, -0.2) is 23.0 Å². The predicted octanol–water partition coefficient (Wildman–Crippen LogP) is 2.39. The Bertz CT molecular complexity index is 667. The zero-order valence-corrected chi connectivity index (χ0v) is 11.1. The van der Waals surface area contributed by atoms with Gasteiger partial charge < -0.3 is 10.6 Å². The van der Waals surface area contributed by atoms with E-state index in [0.29, 0.717) is 18.8 Å². The van der Waals surface area contributed by atoms with E-state index in [-0.39, 0.29) is 11.3 Å². The summed E-state index contributed by atoms with van der Waals surface area (Å²) in [7, 11) is 0. The van der Waals surface area contributed by atoms with Crippen LogP contribution in [0.15, 0.2) is 42.6 Å². The van der Waals surface area contributed by atoms with Crippen molar-refractivity contribution >= 4 is 17.2 Å². The van der Waals surface area contributed by atoms with Crippen LogP contribution in [0.3, 0.4) is 0 Å². The Morgan fingerprint density at radius 1 is 1.24 bits per heavy atom. The molecular weight excluding hydrogens is 270 g/mol. The van der Waals surface area contributed by atoms with Gasteiger partial charge in [0.2, 0.25) is 0 Å². The number of aromatic nitrogens is 1. The summed E-state index contributed by atoms with van der Waals surface area (Å²) in [6.07, 6.45) is 1.69. The molecule has 0 spiro atoms. The maximum Gasteiger partial charge on any atom is 0.270 e. The molecule has 0 fully saturated rings. The van der Waals surface area contributed by atoms with E-state index in [1.54, 1.807) is 6.20 Å². The van der Waals surface area contributed by atoms with Crippen LogP contribution in [0.25, 0.3) is 0 Å². The monoisotopic (exact) mass is 283 g/mol. The quantitative estimate of drug-likeness (QED) is 0.479. The molecule has 0 aliphatic carbocycles. The molecule has 2 aromatic rings. The zero-order chi connectivity index (χ0) is 15.1. The maximum absolute atomic E-state index is 10.7. The van der Waals surface area contributed by atoms with Gasteiger partial charge in [-0.25, -0.2) is 4.98 Å². The van der Waals surface area contributed by atoms with Gasteiger partial charge >= 0.3 is 0 Å². The van der Waals surface area contributed by atoms with E-state index in [1.165, 1.54) is 18.2 Å². The van der Waals surface area contributed by atoms with Gasteiger partial charge in [-0.05, 0) is 18.2 Å². The van der Waals surface area contributed by atoms with Gasteiger partial charge in [-0.2, -0.15) is 5.26 Å². The molecule has 0 bridgehead atoms. The molecule has 0 radical (unpaired) electrons. The summed E-state index contributed by atoms with van der Waals surface area (Å²) in [6, 6.07) is 11.7. The number of nitro benzene ring substituents is 1. The lowest BCUT2D eigenvalue weighted by Crippen LogP contribution is -2.14. The van der Waals surface area contributed by atoms with E-state index < -0.39 is 4.92 Å². The molecule has 2 rings (SSSR count). The van der Waals surface area contributed by atoms with Crippen molar-refractivity contribution in [1.29, 1.82) is 5.26 Å². The summed E-state index contributed by atoms with van der Waals surface area (Å²) >= 11 is 0. The molecule has 106 valence electrons. The minimum Gasteiger partial charge on any atom is -0.382 e. The number of pyridine rings is 1. The SMILES string of the molecule is N#Cc1cc([N+](=O)[O-])ccc1NCCNc1ccccn1. The summed E-state index contributed by atoms with van der Waals surface area (Å²) in [5.41, 5.74) is 0.733. The van der Waals surface area contributed by atoms with Crippen molar-refractivity contribution in [1.82, 2.24) is 4.98 Å². The summed E-state index contributed by atoms with van der Waals surface area (Å²) < 4.78 is 0. The Balaban J connectivity index is 1.91. The zero-order valence-electron chi connectivity index (χ0n) is 11.1. The van der Waals surface area contributed by atoms with Crippen molar-refractivity contribution in [2.24, 2.45) is 0 Å². The number of rotatable bonds is 6. The van der Waals surface area contributed by atoms with Crippen LogP contribution >= 0.6 is 0 Å². The minimum atomic E-state index is -0.521. The van der Waals surface area contributed by atoms with Gasteiger partial charge in [0.25, 0.3) is 5.69 Å². The van der Waals surface area contributed by atoms with Crippen molar-refractivity contribution in [2.45, 2.75) is 0 Å². The summed E-state index contributed by atoms with van der Waals surface area (Å²) in [5.74, 6) is 0.767. The van der Waals surface area contributed by atoms with Gasteiger partial charge in [0.05, 0.1) is 16.2 Å². The third-order valence-electron chi connectivity index (χ3n) is 2.75. The van der Waals surface area contributed by atoms with Crippen molar-refractivity contribution in [3.05, 3.63) is 58.3 Å². The van der Waals surface area contributed by atoms with Crippen LogP contribution in [0.4, 0.5) is 17.2 Å². The van der Waals surface area contributed by atoms with Crippen LogP contribution in [0.5, 0.6) is 0 Å². The fourth-order valence-electron chi connectivity index (χ4n) is 1.75. The number of hydrogen-bond donors (Lipinski definition) is 2. The predicted molar refractivity (Wildman–Crippen MR) is 79.0 cm³/mol. The van der Waals surface area contributed by atoms with Crippen molar-refractivity contribution in [3.63, 3.8) is 0 Å². The molecule has 2 N–H and O–H groups in total. The normalized spacial score (nSPS) is 9.67. The number of benzene rings is 1. The fraction of sp³-hybridized carbons (Fsp3) is 0.143. The van der Waals surface area contributed by atoms with E-state index in [2.05, 4.69) is 15.6 Å². The Morgan fingerprint density at radius 2 is 2.05 bits per heavy atom. The molecular formula is C14H13N5O2. The number of non-ortho nitro benzene ring substituents is 1. The molecule has 1 heterocycles. The Hall–Kier alpha value is -3.14. The van der Waals surface area contributed by atoms with E-state index in [9.17, 15) is 10.1 Å². The topological polar surface area (TPSA) is 104 Å². The first-order chi connectivity index (χ1) is 10.2. The first-order valence-corrected chi connectivity index (χ1v) is 6.28. The lowest BCUT2D eigenvalue weighted by Gasteiger charge is -2.09. The summed E-state index contributed by atoms with van der Waals surface area (Å²) in [5, 5.41) is 25.9. The third-order valence-corrected chi connectivity index (χ3v) is 2.75. The lowest BCUT2D eigenvalue weighted by molar-refractivity contribution is -0.384. The van der Waals surface area contributed by atoms with Crippen molar-refractivity contribution < 1.29 is 4.92 Å². The second kappa shape index (κ2) is 6.86. The number of nitro groups is 1. The second-order valence-corrected chi connectivity index (χ2v) is 4.17. The highest BCUT2D eigenvalue weighted by molar-refractivity contribution is 5.61. The van der Waals surface area contributed by atoms with Gasteiger partial charge in [-0.15, -0.1) is 0 Å². The first-order valence-electron chi connectivity index (χ1n) is 6.28. The molecule has 0 saturated carbocycles. The van der Waals surface area contributed by atoms with Crippen LogP contribution in [0.2, 0.25) is 0 Å². The lowest BCUT2D eigenvalue weighted by atomic mass is 10.1. The van der Waals surface area contributed by atoms with Gasteiger partial charge in [-0.1, -0.05) is 6.07 Å². The van der Waals surface area contributed by atoms with Gasteiger partial charge in [0.1, 0.15) is 11.9 Å². The van der Waals surface area contributed by atoms with E-state index >= 15 is 0 Å². The highest BCUT2D eigenvalue weighted by Gasteiger charge is 2.10. The highest BCUT2D eigenvalue weighted by Crippen LogP contribution is 2.21. The smallest absolute Gasteiger partial charge is 0.270 e. The molecule has 0 aliphatic rings. The second-order valence-electron chi connectivity index (χ2n) is 4.17. The number of nitrogens with one attached hydrogen (secondary N) is 2. The van der Waals surface area contributed by atoms with Gasteiger partial charge in [0.15, 0.2) is 0 Å². The average Bonchev–Trinajstić information content (AvgIpc) is 2.52. The maximum atomic E-state index is 10.7. The van der Waals surface area contributed by atoms with Crippen LogP contribution in [0, 0.1) is 21.4 Å². The minimum absolute atomic E-state index is 0.0938. The largest absolute Gasteiger partial charge is 0.382 e. The molecule has 21 heavy (non-hydrogen) atoms. The van der Waals surface area contributed by atoms with Crippen LogP contribution in [0.1, 0.15) is 5.56 Å². The van der Waals surface area contributed by atoms with Crippen molar-refractivity contribution in [2.75, 3.05) is 23.7 Å². The molecule has 1 aromatic heterocycles. The first kappa shape index (κ1) is 14.3. The average molecular weight is 283 g/mol. The number of nitrogens with zero attached hydrogens (tertiary/aromatic N) is 3. The molecule has 7 heteroatoms. The summed E-state index contributed by atoms with van der Waals surface area (Å²) in [4.78, 5) is 14.3. The Labute approximate surface area is 121 Å². The molecule has 0 amide bonds. The van der Waals surface area contributed by atoms with Gasteiger partial charge in [0, 0.05) is 31.4 Å². The van der Waals surface area contributed by atoms with Crippen LogP contribution < -0.4 is 10.6 Å². The standard InChI is InChI=1S/C14H13N5O2/c15-10-11-9-12(19(20)21)4-5-13(11)16-7-8-18-14-3-1-2-6-17-14/h1-6,9,16H,7-8H2,(H,17,18). The fourth-order valence-corrected chi connectivity index (χ4v) is 1.75. The van der Waals surface area contributed by atoms with Crippen molar-refractivity contribution in [3.8, 4) is 6.07 Å². The molecule has 7 nitrogen and oxygen atoms in total. The third kappa shape index (κ3) is 3.91. The Morgan fingerprint density at radius 3 is 2.71 bits per heavy atom. The van der Waals surface area contributed by atoms with E-state index in [4.69, 9.17) is 5.26 Å². The van der Waals surface area contributed by atoms with E-state index in [0.717, 1.165) is 5.82 Å². The highest BCUT2D eigenvalue weighted by atomic mass is 16.6. The molecule has 0 saturated heterocycles. The summed E-state index contributed by atoms with van der Waals surface area (Å²) in [6.45, 7) is 1.17. The molecule has 0 aliphatic heterocycles. The molecule has 0 atom stereocenters. The Kier molecular flexibility index (Phi) is 4.66. The van der Waals surface area contributed by atoms with E-state index in [1.807, 2.05) is 24.3 Å². The molecule has 1 aromatic carbocycles. The molecule has 0 unspecified atom stereocenters. The van der Waals surface area contributed by atoms with Crippen LogP contribution in [-0.2, 0) is 0 Å².